The van der Waals surface area contributed by atoms with Crippen LogP contribution in [0.2, 0.25) is 0 Å². The smallest absolute Gasteiger partial charge is 0.132 e. The highest BCUT2D eigenvalue weighted by Crippen LogP contribution is 2.12. The van der Waals surface area contributed by atoms with Crippen LogP contribution in [0, 0.1) is 13.8 Å². The third-order valence-electron chi connectivity index (χ3n) is 2.96. The van der Waals surface area contributed by atoms with Crippen molar-refractivity contribution in [2.24, 2.45) is 0 Å². The summed E-state index contributed by atoms with van der Waals surface area (Å²) in [5.74, 6) is 0.889. The van der Waals surface area contributed by atoms with E-state index in [0.29, 0.717) is 0 Å². The monoisotopic (exact) mass is 255 g/mol. The van der Waals surface area contributed by atoms with Crippen LogP contribution in [0.1, 0.15) is 35.1 Å². The number of rotatable bonds is 5. The minimum Gasteiger partial charge on any atom is -0.311 e. The Kier molecular flexibility index (Phi) is 4.63. The van der Waals surface area contributed by atoms with Crippen LogP contribution < -0.4 is 5.32 Å². The van der Waals surface area contributed by atoms with E-state index in [4.69, 9.17) is 0 Å². The predicted octanol–water partition coefficient (Wildman–Crippen LogP) is 2.79. The fourth-order valence-electron chi connectivity index (χ4n) is 2.23. The van der Waals surface area contributed by atoms with E-state index in [1.165, 1.54) is 16.7 Å². The molecule has 1 heterocycles. The lowest BCUT2D eigenvalue weighted by Crippen LogP contribution is -2.13. The quantitative estimate of drug-likeness (QED) is 0.892. The number of hydrogen-bond donors (Lipinski definition) is 1. The third kappa shape index (κ3) is 4.14. The molecule has 0 aliphatic carbocycles. The summed E-state index contributed by atoms with van der Waals surface area (Å²) >= 11 is 0. The Morgan fingerprint density at radius 3 is 2.53 bits per heavy atom. The van der Waals surface area contributed by atoms with Gasteiger partial charge in [-0.15, -0.1) is 0 Å². The summed E-state index contributed by atoms with van der Waals surface area (Å²) in [5.41, 5.74) is 4.91. The molecule has 0 fully saturated rings. The molecule has 1 N–H and O–H groups in total. The molecule has 0 saturated heterocycles. The zero-order valence-electron chi connectivity index (χ0n) is 11.9. The molecular formula is C16H21N3. The molecule has 0 bridgehead atoms. The van der Waals surface area contributed by atoms with Crippen molar-refractivity contribution in [1.29, 1.82) is 0 Å². The van der Waals surface area contributed by atoms with Crippen molar-refractivity contribution in [3.05, 3.63) is 58.7 Å². The van der Waals surface area contributed by atoms with E-state index in [1.807, 2.05) is 12.3 Å². The van der Waals surface area contributed by atoms with E-state index in [9.17, 15) is 0 Å². The average molecular weight is 255 g/mol. The van der Waals surface area contributed by atoms with Crippen molar-refractivity contribution in [3.8, 4) is 0 Å². The first-order chi connectivity index (χ1) is 9.17. The average Bonchev–Trinajstić information content (AvgIpc) is 2.35. The van der Waals surface area contributed by atoms with E-state index in [0.717, 1.165) is 31.0 Å². The molecular weight excluding hydrogens is 234 g/mol. The molecule has 0 radical (unpaired) electrons. The lowest BCUT2D eigenvalue weighted by molar-refractivity contribution is 0.702. The zero-order valence-corrected chi connectivity index (χ0v) is 11.9. The standard InChI is InChI=1S/C16H21N3/c1-4-17-11-15-5-6-18-16(19-15)10-14-8-12(2)7-13(3)9-14/h5-9,17H,4,10-11H2,1-3H3. The van der Waals surface area contributed by atoms with E-state index >= 15 is 0 Å². The largest absolute Gasteiger partial charge is 0.311 e. The van der Waals surface area contributed by atoms with Gasteiger partial charge in [0.2, 0.25) is 0 Å². The van der Waals surface area contributed by atoms with Gasteiger partial charge in [-0.1, -0.05) is 36.2 Å². The van der Waals surface area contributed by atoms with Crippen molar-refractivity contribution in [2.75, 3.05) is 6.54 Å². The van der Waals surface area contributed by atoms with Crippen molar-refractivity contribution < 1.29 is 0 Å². The van der Waals surface area contributed by atoms with Gasteiger partial charge in [0.25, 0.3) is 0 Å². The third-order valence-corrected chi connectivity index (χ3v) is 2.96. The summed E-state index contributed by atoms with van der Waals surface area (Å²) in [4.78, 5) is 8.95. The van der Waals surface area contributed by atoms with Gasteiger partial charge in [0.15, 0.2) is 0 Å². The van der Waals surface area contributed by atoms with E-state index in [1.54, 1.807) is 0 Å². The molecule has 0 aliphatic rings. The highest BCUT2D eigenvalue weighted by atomic mass is 14.9. The molecule has 19 heavy (non-hydrogen) atoms. The molecule has 1 aromatic carbocycles. The van der Waals surface area contributed by atoms with Gasteiger partial charge >= 0.3 is 0 Å². The molecule has 0 unspecified atom stereocenters. The fourth-order valence-corrected chi connectivity index (χ4v) is 2.23. The first-order valence-corrected chi connectivity index (χ1v) is 6.76. The molecule has 0 atom stereocenters. The number of aromatic nitrogens is 2. The predicted molar refractivity (Wildman–Crippen MR) is 78.1 cm³/mol. The summed E-state index contributed by atoms with van der Waals surface area (Å²) in [7, 11) is 0. The second-order valence-electron chi connectivity index (χ2n) is 4.92. The van der Waals surface area contributed by atoms with Crippen molar-refractivity contribution in [1.82, 2.24) is 15.3 Å². The van der Waals surface area contributed by atoms with Gasteiger partial charge in [-0.3, -0.25) is 0 Å². The van der Waals surface area contributed by atoms with Crippen LogP contribution in [0.25, 0.3) is 0 Å². The van der Waals surface area contributed by atoms with Gasteiger partial charge in [-0.2, -0.15) is 0 Å². The molecule has 2 aromatic rings. The summed E-state index contributed by atoms with van der Waals surface area (Å²) < 4.78 is 0. The minimum absolute atomic E-state index is 0.794. The van der Waals surface area contributed by atoms with Crippen LogP contribution in [0.3, 0.4) is 0 Å². The van der Waals surface area contributed by atoms with Gasteiger partial charge in [0, 0.05) is 19.2 Å². The molecule has 0 spiro atoms. The van der Waals surface area contributed by atoms with Gasteiger partial charge in [-0.05, 0) is 32.0 Å². The second kappa shape index (κ2) is 6.43. The maximum absolute atomic E-state index is 4.59. The van der Waals surface area contributed by atoms with Crippen LogP contribution in [-0.2, 0) is 13.0 Å². The summed E-state index contributed by atoms with van der Waals surface area (Å²) in [5, 5.41) is 3.28. The molecule has 0 aliphatic heterocycles. The van der Waals surface area contributed by atoms with Crippen molar-refractivity contribution in [2.45, 2.75) is 33.7 Å². The van der Waals surface area contributed by atoms with E-state index in [-0.39, 0.29) is 0 Å². The minimum atomic E-state index is 0.794. The Morgan fingerprint density at radius 2 is 1.84 bits per heavy atom. The van der Waals surface area contributed by atoms with Crippen molar-refractivity contribution >= 4 is 0 Å². The summed E-state index contributed by atoms with van der Waals surface area (Å²) in [6.45, 7) is 8.10. The highest BCUT2D eigenvalue weighted by molar-refractivity contribution is 5.30. The molecule has 100 valence electrons. The lowest BCUT2D eigenvalue weighted by Gasteiger charge is -2.06. The van der Waals surface area contributed by atoms with E-state index in [2.05, 4.69) is 54.3 Å². The second-order valence-corrected chi connectivity index (χ2v) is 4.92. The molecule has 0 amide bonds. The van der Waals surface area contributed by atoms with Gasteiger partial charge in [-0.25, -0.2) is 9.97 Å². The maximum atomic E-state index is 4.59. The van der Waals surface area contributed by atoms with Crippen LogP contribution in [0.5, 0.6) is 0 Å². The summed E-state index contributed by atoms with van der Waals surface area (Å²) in [6, 6.07) is 8.56. The maximum Gasteiger partial charge on any atom is 0.132 e. The molecule has 0 saturated carbocycles. The topological polar surface area (TPSA) is 37.8 Å². The Labute approximate surface area is 115 Å². The zero-order chi connectivity index (χ0) is 13.7. The first kappa shape index (κ1) is 13.7. The van der Waals surface area contributed by atoms with Crippen LogP contribution >= 0.6 is 0 Å². The molecule has 3 nitrogen and oxygen atoms in total. The van der Waals surface area contributed by atoms with Gasteiger partial charge in [0.1, 0.15) is 5.82 Å². The number of nitrogens with one attached hydrogen (secondary N) is 1. The Bertz CT molecular complexity index is 529. The normalized spacial score (nSPS) is 10.7. The van der Waals surface area contributed by atoms with Crippen LogP contribution in [-0.4, -0.2) is 16.5 Å². The number of aryl methyl sites for hydroxylation is 2. The van der Waals surface area contributed by atoms with Crippen molar-refractivity contribution in [3.63, 3.8) is 0 Å². The Morgan fingerprint density at radius 1 is 1.11 bits per heavy atom. The number of benzene rings is 1. The summed E-state index contributed by atoms with van der Waals surface area (Å²) in [6.07, 6.45) is 2.64. The number of hydrogen-bond acceptors (Lipinski definition) is 3. The molecule has 2 rings (SSSR count). The lowest BCUT2D eigenvalue weighted by atomic mass is 10.0. The molecule has 1 aromatic heterocycles. The Balaban J connectivity index is 2.13. The number of nitrogens with zero attached hydrogens (tertiary/aromatic N) is 2. The Hall–Kier alpha value is -1.74. The van der Waals surface area contributed by atoms with Crippen LogP contribution in [0.15, 0.2) is 30.5 Å². The van der Waals surface area contributed by atoms with Crippen LogP contribution in [0.4, 0.5) is 0 Å². The first-order valence-electron chi connectivity index (χ1n) is 6.76. The SMILES string of the molecule is CCNCc1ccnc(Cc2cc(C)cc(C)c2)n1. The fraction of sp³-hybridized carbons (Fsp3) is 0.375. The van der Waals surface area contributed by atoms with Gasteiger partial charge < -0.3 is 5.32 Å². The van der Waals surface area contributed by atoms with Gasteiger partial charge in [0.05, 0.1) is 5.69 Å². The highest BCUT2D eigenvalue weighted by Gasteiger charge is 2.02. The molecule has 3 heteroatoms. The van der Waals surface area contributed by atoms with E-state index < -0.39 is 0 Å².